The van der Waals surface area contributed by atoms with Crippen LogP contribution in [0.2, 0.25) is 5.02 Å². The third-order valence-corrected chi connectivity index (χ3v) is 5.28. The van der Waals surface area contributed by atoms with Gasteiger partial charge in [0.25, 0.3) is 0 Å². The fourth-order valence-corrected chi connectivity index (χ4v) is 3.87. The molecular formula is C23H35ClN2O. The maximum Gasteiger partial charge on any atom is 0.120 e. The number of benzene rings is 1. The van der Waals surface area contributed by atoms with Crippen molar-refractivity contribution in [2.24, 2.45) is 17.0 Å². The number of unbranched alkanes of at least 4 members (excludes halogenated alkanes) is 1. The summed E-state index contributed by atoms with van der Waals surface area (Å²) in [6.45, 7) is 6.14. The van der Waals surface area contributed by atoms with Crippen LogP contribution in [0.15, 0.2) is 35.0 Å². The van der Waals surface area contributed by atoms with E-state index in [4.69, 9.17) is 16.4 Å². The highest BCUT2D eigenvalue weighted by molar-refractivity contribution is 6.30. The van der Waals surface area contributed by atoms with E-state index in [0.29, 0.717) is 18.4 Å². The number of rotatable bonds is 9. The van der Waals surface area contributed by atoms with Crippen molar-refractivity contribution >= 4 is 23.4 Å². The number of nitrogens with zero attached hydrogens (tertiary/aromatic N) is 2. The van der Waals surface area contributed by atoms with Crippen LogP contribution in [-0.2, 0) is 4.84 Å². The lowest BCUT2D eigenvalue weighted by Crippen LogP contribution is -2.24. The Morgan fingerprint density at radius 2 is 2.04 bits per heavy atom. The zero-order valence-corrected chi connectivity index (χ0v) is 18.1. The van der Waals surface area contributed by atoms with Crippen LogP contribution >= 0.6 is 11.6 Å². The first-order valence-corrected chi connectivity index (χ1v) is 10.7. The van der Waals surface area contributed by atoms with Crippen molar-refractivity contribution in [3.05, 3.63) is 40.4 Å². The normalized spacial score (nSPS) is 21.8. The van der Waals surface area contributed by atoms with E-state index >= 15 is 0 Å². The van der Waals surface area contributed by atoms with Gasteiger partial charge in [-0.3, -0.25) is 0 Å². The number of halogens is 1. The van der Waals surface area contributed by atoms with Crippen molar-refractivity contribution in [1.82, 2.24) is 4.90 Å². The second-order valence-corrected chi connectivity index (χ2v) is 8.53. The van der Waals surface area contributed by atoms with Crippen LogP contribution < -0.4 is 0 Å². The SMILES string of the molecule is CCCC[C@H]1CCCC(=C\c2ccc(Cl)cc2)/C1=N/OC[C@H](C)CN(C)C. The Labute approximate surface area is 170 Å². The molecule has 0 bridgehead atoms. The number of oxime groups is 1. The second kappa shape index (κ2) is 11.5. The summed E-state index contributed by atoms with van der Waals surface area (Å²) in [5.74, 6) is 0.979. The topological polar surface area (TPSA) is 24.8 Å². The van der Waals surface area contributed by atoms with Crippen molar-refractivity contribution in [3.8, 4) is 0 Å². The van der Waals surface area contributed by atoms with Crippen molar-refractivity contribution in [2.45, 2.75) is 52.4 Å². The van der Waals surface area contributed by atoms with Crippen LogP contribution in [0.3, 0.4) is 0 Å². The van der Waals surface area contributed by atoms with Gasteiger partial charge in [0.2, 0.25) is 0 Å². The molecule has 3 nitrogen and oxygen atoms in total. The minimum atomic E-state index is 0.464. The third kappa shape index (κ3) is 7.67. The third-order valence-electron chi connectivity index (χ3n) is 5.03. The highest BCUT2D eigenvalue weighted by atomic mass is 35.5. The Morgan fingerprint density at radius 1 is 1.30 bits per heavy atom. The van der Waals surface area contributed by atoms with Gasteiger partial charge in [0.1, 0.15) is 6.61 Å². The van der Waals surface area contributed by atoms with E-state index in [1.54, 1.807) is 0 Å². The predicted molar refractivity (Wildman–Crippen MR) is 117 cm³/mol. The highest BCUT2D eigenvalue weighted by Crippen LogP contribution is 2.31. The summed E-state index contributed by atoms with van der Waals surface area (Å²) in [5, 5.41) is 5.44. The van der Waals surface area contributed by atoms with Crippen molar-refractivity contribution in [3.63, 3.8) is 0 Å². The van der Waals surface area contributed by atoms with Gasteiger partial charge in [-0.2, -0.15) is 0 Å². The zero-order chi connectivity index (χ0) is 19.6. The first kappa shape index (κ1) is 22.0. The molecule has 150 valence electrons. The maximum absolute atomic E-state index is 6.03. The number of hydrogen-bond donors (Lipinski definition) is 0. The van der Waals surface area contributed by atoms with Crippen LogP contribution in [0.25, 0.3) is 6.08 Å². The molecule has 1 aromatic rings. The Hall–Kier alpha value is -1.32. The zero-order valence-electron chi connectivity index (χ0n) is 17.4. The Morgan fingerprint density at radius 3 is 2.70 bits per heavy atom. The van der Waals surface area contributed by atoms with E-state index in [2.05, 4.69) is 56.2 Å². The van der Waals surface area contributed by atoms with Gasteiger partial charge >= 0.3 is 0 Å². The van der Waals surface area contributed by atoms with E-state index < -0.39 is 0 Å². The molecule has 4 heteroatoms. The first-order chi connectivity index (χ1) is 13.0. The standard InChI is InChI=1S/C23H35ClN2O/c1-5-6-8-20-9-7-10-21(15-19-11-13-22(24)14-12-19)23(20)25-27-17-18(2)16-26(3)4/h11-15,18,20H,5-10,16-17H2,1-4H3/b21-15+,25-23+/t18-,20+/m1/s1. The highest BCUT2D eigenvalue weighted by Gasteiger charge is 2.25. The molecule has 0 unspecified atom stereocenters. The summed E-state index contributed by atoms with van der Waals surface area (Å²) in [7, 11) is 4.19. The first-order valence-electron chi connectivity index (χ1n) is 10.3. The molecule has 2 atom stereocenters. The van der Waals surface area contributed by atoms with Crippen LogP contribution in [0.4, 0.5) is 0 Å². The van der Waals surface area contributed by atoms with Gasteiger partial charge in [0.05, 0.1) is 5.71 Å². The fourth-order valence-electron chi connectivity index (χ4n) is 3.75. The predicted octanol–water partition coefficient (Wildman–Crippen LogP) is 6.28. The largest absolute Gasteiger partial charge is 0.395 e. The van der Waals surface area contributed by atoms with E-state index in [1.165, 1.54) is 49.0 Å². The molecule has 1 aliphatic rings. The molecule has 0 N–H and O–H groups in total. The summed E-state index contributed by atoms with van der Waals surface area (Å²) < 4.78 is 0. The molecular weight excluding hydrogens is 356 g/mol. The molecule has 1 fully saturated rings. The molecule has 27 heavy (non-hydrogen) atoms. The smallest absolute Gasteiger partial charge is 0.120 e. The molecule has 0 heterocycles. The Kier molecular flexibility index (Phi) is 9.36. The lowest BCUT2D eigenvalue weighted by atomic mass is 9.80. The monoisotopic (exact) mass is 390 g/mol. The van der Waals surface area contributed by atoms with E-state index in [9.17, 15) is 0 Å². The molecule has 0 saturated heterocycles. The van der Waals surface area contributed by atoms with Crippen LogP contribution in [-0.4, -0.2) is 37.9 Å². The van der Waals surface area contributed by atoms with E-state index in [-0.39, 0.29) is 0 Å². The molecule has 1 aromatic carbocycles. The average molecular weight is 391 g/mol. The number of hydrogen-bond acceptors (Lipinski definition) is 3. The molecule has 0 amide bonds. The summed E-state index contributed by atoms with van der Waals surface area (Å²) in [5.41, 5.74) is 3.67. The quantitative estimate of drug-likeness (QED) is 0.463. The summed E-state index contributed by atoms with van der Waals surface area (Å²) >= 11 is 6.03. The molecule has 0 spiro atoms. The average Bonchev–Trinajstić information content (AvgIpc) is 2.62. The van der Waals surface area contributed by atoms with Gasteiger partial charge in [-0.1, -0.05) is 55.6 Å². The minimum Gasteiger partial charge on any atom is -0.395 e. The second-order valence-electron chi connectivity index (χ2n) is 8.09. The summed E-state index contributed by atoms with van der Waals surface area (Å²) in [6, 6.07) is 8.04. The van der Waals surface area contributed by atoms with Gasteiger partial charge in [0.15, 0.2) is 0 Å². The molecule has 1 aliphatic carbocycles. The van der Waals surface area contributed by atoms with Crippen molar-refractivity contribution in [1.29, 1.82) is 0 Å². The van der Waals surface area contributed by atoms with Crippen molar-refractivity contribution < 1.29 is 4.84 Å². The van der Waals surface area contributed by atoms with Crippen LogP contribution in [0.5, 0.6) is 0 Å². The molecule has 0 aromatic heterocycles. The maximum atomic E-state index is 6.03. The molecule has 0 radical (unpaired) electrons. The molecule has 0 aliphatic heterocycles. The minimum absolute atomic E-state index is 0.464. The van der Waals surface area contributed by atoms with Gasteiger partial charge in [-0.05, 0) is 69.1 Å². The van der Waals surface area contributed by atoms with Gasteiger partial charge < -0.3 is 9.74 Å². The fraction of sp³-hybridized carbons (Fsp3) is 0.609. The van der Waals surface area contributed by atoms with Gasteiger partial charge in [-0.15, -0.1) is 0 Å². The van der Waals surface area contributed by atoms with Crippen LogP contribution in [0.1, 0.15) is 57.9 Å². The van der Waals surface area contributed by atoms with Crippen LogP contribution in [0, 0.1) is 11.8 Å². The molecule has 1 saturated carbocycles. The van der Waals surface area contributed by atoms with E-state index in [0.717, 1.165) is 18.0 Å². The lowest BCUT2D eigenvalue weighted by molar-refractivity contribution is 0.100. The van der Waals surface area contributed by atoms with Crippen molar-refractivity contribution in [2.75, 3.05) is 27.2 Å². The number of allylic oxidation sites excluding steroid dienone is 1. The Bertz CT molecular complexity index is 622. The van der Waals surface area contributed by atoms with Gasteiger partial charge in [0, 0.05) is 23.4 Å². The van der Waals surface area contributed by atoms with E-state index in [1.807, 2.05) is 12.1 Å². The molecule has 2 rings (SSSR count). The lowest BCUT2D eigenvalue weighted by Gasteiger charge is -2.26. The van der Waals surface area contributed by atoms with Gasteiger partial charge in [-0.25, -0.2) is 0 Å². The Balaban J connectivity index is 2.15. The summed E-state index contributed by atoms with van der Waals surface area (Å²) in [6.07, 6.45) is 9.44. The summed E-state index contributed by atoms with van der Waals surface area (Å²) in [4.78, 5) is 8.02.